The van der Waals surface area contributed by atoms with Gasteiger partial charge < -0.3 is 14.8 Å². The molecule has 0 spiro atoms. The summed E-state index contributed by atoms with van der Waals surface area (Å²) in [6, 6.07) is 14.3. The molecule has 0 aliphatic carbocycles. The first-order valence-corrected chi connectivity index (χ1v) is 11.1. The maximum atomic E-state index is 14.4. The van der Waals surface area contributed by atoms with E-state index in [-0.39, 0.29) is 16.7 Å². The Hall–Kier alpha value is -2.98. The summed E-state index contributed by atoms with van der Waals surface area (Å²) in [5.41, 5.74) is -2.13. The highest BCUT2D eigenvalue weighted by Gasteiger charge is 2.56. The normalized spacial score (nSPS) is 14.6. The van der Waals surface area contributed by atoms with E-state index in [1.165, 1.54) is 7.11 Å². The Kier molecular flexibility index (Phi) is 6.53. The lowest BCUT2D eigenvalue weighted by atomic mass is 9.71. The molecule has 1 aromatic heterocycles. The van der Waals surface area contributed by atoms with E-state index in [2.05, 4.69) is 4.98 Å². The van der Waals surface area contributed by atoms with Crippen molar-refractivity contribution in [2.24, 2.45) is 0 Å². The van der Waals surface area contributed by atoms with Gasteiger partial charge in [0.05, 0.1) is 12.7 Å². The lowest BCUT2D eigenvalue weighted by Crippen LogP contribution is -2.51. The third-order valence-electron chi connectivity index (χ3n) is 6.42. The van der Waals surface area contributed by atoms with Crippen molar-refractivity contribution >= 4 is 10.9 Å². The first kappa shape index (κ1) is 25.6. The molecule has 0 radical (unpaired) electrons. The minimum atomic E-state index is -4.93. The molecule has 0 saturated carbocycles. The summed E-state index contributed by atoms with van der Waals surface area (Å²) in [7, 11) is 1.48. The minimum absolute atomic E-state index is 0.0646. The van der Waals surface area contributed by atoms with E-state index in [4.69, 9.17) is 4.74 Å². The van der Waals surface area contributed by atoms with Crippen molar-refractivity contribution in [3.05, 3.63) is 64.8 Å². The van der Waals surface area contributed by atoms with Crippen molar-refractivity contribution in [2.45, 2.75) is 70.1 Å². The fourth-order valence-corrected chi connectivity index (χ4v) is 4.54. The highest BCUT2D eigenvalue weighted by Crippen LogP contribution is 2.46. The zero-order valence-electron chi connectivity index (χ0n) is 20.4. The molecule has 0 amide bonds. The molecule has 0 aliphatic rings. The van der Waals surface area contributed by atoms with Crippen LogP contribution in [0, 0.1) is 11.3 Å². The molecule has 1 unspecified atom stereocenters. The third-order valence-corrected chi connectivity index (χ3v) is 6.42. The van der Waals surface area contributed by atoms with Crippen molar-refractivity contribution in [3.63, 3.8) is 0 Å². The number of aromatic amines is 1. The van der Waals surface area contributed by atoms with Gasteiger partial charge in [-0.2, -0.15) is 18.4 Å². The predicted octanol–water partition coefficient (Wildman–Crippen LogP) is 6.55. The van der Waals surface area contributed by atoms with Crippen molar-refractivity contribution < 1.29 is 23.0 Å². The number of nitrogens with zero attached hydrogens (tertiary/aromatic N) is 1. The molecular formula is C27H31F3N2O2. The largest absolute Gasteiger partial charge is 0.496 e. The van der Waals surface area contributed by atoms with E-state index in [1.54, 1.807) is 44.2 Å². The number of methoxy groups -OCH3 is 1. The summed E-state index contributed by atoms with van der Waals surface area (Å²) in [6.07, 6.45) is -6.31. The minimum Gasteiger partial charge on any atom is -0.496 e. The van der Waals surface area contributed by atoms with Gasteiger partial charge in [0.1, 0.15) is 11.8 Å². The zero-order valence-corrected chi connectivity index (χ0v) is 20.4. The number of hydrogen-bond donors (Lipinski definition) is 2. The van der Waals surface area contributed by atoms with Crippen LogP contribution in [0.2, 0.25) is 0 Å². The zero-order chi connectivity index (χ0) is 25.5. The summed E-state index contributed by atoms with van der Waals surface area (Å²) in [4.78, 5) is 2.91. The van der Waals surface area contributed by atoms with Crippen LogP contribution in [0.15, 0.2) is 42.5 Å². The van der Waals surface area contributed by atoms with Gasteiger partial charge in [-0.3, -0.25) is 0 Å². The van der Waals surface area contributed by atoms with Gasteiger partial charge in [0.25, 0.3) is 0 Å². The number of aliphatic hydroxyl groups is 1. The Labute approximate surface area is 198 Å². The molecule has 0 saturated heterocycles. The number of para-hydroxylation sites is 1. The average molecular weight is 473 g/mol. The number of rotatable bonds is 6. The molecule has 0 aliphatic heterocycles. The van der Waals surface area contributed by atoms with Gasteiger partial charge in [-0.15, -0.1) is 0 Å². The van der Waals surface area contributed by atoms with Gasteiger partial charge in [0, 0.05) is 28.6 Å². The second-order valence-corrected chi connectivity index (χ2v) is 10.6. The van der Waals surface area contributed by atoms with Crippen LogP contribution >= 0.6 is 0 Å². The fourth-order valence-electron chi connectivity index (χ4n) is 4.54. The molecule has 7 heteroatoms. The highest BCUT2D eigenvalue weighted by atomic mass is 19.4. The van der Waals surface area contributed by atoms with Gasteiger partial charge in [0.2, 0.25) is 0 Å². The molecule has 2 aromatic carbocycles. The van der Waals surface area contributed by atoms with Crippen LogP contribution in [0.4, 0.5) is 13.2 Å². The van der Waals surface area contributed by atoms with Crippen molar-refractivity contribution in [2.75, 3.05) is 7.11 Å². The SMILES string of the molecule is COc1ccc(C(C)(C)C)cc1C(C)(C)CC(O)(Cc1[nH]c2ccccc2c1C#N)C(F)(F)F. The number of ether oxygens (including phenoxy) is 1. The molecular weight excluding hydrogens is 441 g/mol. The molecule has 182 valence electrons. The summed E-state index contributed by atoms with van der Waals surface area (Å²) in [5, 5.41) is 21.3. The second kappa shape index (κ2) is 8.66. The fraction of sp³-hybridized carbons (Fsp3) is 0.444. The van der Waals surface area contributed by atoms with Gasteiger partial charge in [-0.05, 0) is 34.9 Å². The van der Waals surface area contributed by atoms with E-state index in [1.807, 2.05) is 39.0 Å². The maximum absolute atomic E-state index is 14.4. The molecule has 34 heavy (non-hydrogen) atoms. The van der Waals surface area contributed by atoms with Crippen LogP contribution in [0.3, 0.4) is 0 Å². The topological polar surface area (TPSA) is 69.0 Å². The summed E-state index contributed by atoms with van der Waals surface area (Å²) in [5.74, 6) is 0.464. The van der Waals surface area contributed by atoms with Gasteiger partial charge >= 0.3 is 6.18 Å². The maximum Gasteiger partial charge on any atom is 0.417 e. The number of halogens is 3. The van der Waals surface area contributed by atoms with E-state index < -0.39 is 30.0 Å². The summed E-state index contributed by atoms with van der Waals surface area (Å²) in [6.45, 7) is 9.42. The Morgan fingerprint density at radius 2 is 1.68 bits per heavy atom. The Balaban J connectivity index is 2.09. The van der Waals surface area contributed by atoms with Crippen LogP contribution in [-0.4, -0.2) is 29.0 Å². The molecule has 3 aromatic rings. The number of nitriles is 1. The Morgan fingerprint density at radius 1 is 1.03 bits per heavy atom. The third kappa shape index (κ3) is 4.78. The first-order valence-electron chi connectivity index (χ1n) is 11.1. The number of benzene rings is 2. The van der Waals surface area contributed by atoms with Crippen molar-refractivity contribution in [1.29, 1.82) is 5.26 Å². The van der Waals surface area contributed by atoms with Crippen LogP contribution in [0.25, 0.3) is 10.9 Å². The molecule has 2 N–H and O–H groups in total. The van der Waals surface area contributed by atoms with E-state index in [0.29, 0.717) is 22.2 Å². The lowest BCUT2D eigenvalue weighted by Gasteiger charge is -2.39. The predicted molar refractivity (Wildman–Crippen MR) is 127 cm³/mol. The van der Waals surface area contributed by atoms with E-state index >= 15 is 0 Å². The summed E-state index contributed by atoms with van der Waals surface area (Å²) < 4.78 is 48.7. The highest BCUT2D eigenvalue weighted by molar-refractivity contribution is 5.87. The van der Waals surface area contributed by atoms with Crippen molar-refractivity contribution in [1.82, 2.24) is 4.98 Å². The Morgan fingerprint density at radius 3 is 2.24 bits per heavy atom. The standard InChI is InChI=1S/C27H31F3N2O2/c1-24(2,3)17-11-12-23(34-6)20(13-17)25(4,5)16-26(33,27(28,29)30)14-22-19(15-31)18-9-7-8-10-21(18)32-22/h7-13,32-33H,14,16H2,1-6H3. The summed E-state index contributed by atoms with van der Waals surface area (Å²) >= 11 is 0. The molecule has 0 fully saturated rings. The van der Waals surface area contributed by atoms with Gasteiger partial charge in [-0.1, -0.05) is 65.0 Å². The van der Waals surface area contributed by atoms with Crippen LogP contribution < -0.4 is 4.74 Å². The van der Waals surface area contributed by atoms with Crippen molar-refractivity contribution in [3.8, 4) is 11.8 Å². The second-order valence-electron chi connectivity index (χ2n) is 10.6. The lowest BCUT2D eigenvalue weighted by molar-refractivity contribution is -0.266. The molecule has 1 atom stereocenters. The van der Waals surface area contributed by atoms with E-state index in [0.717, 1.165) is 5.56 Å². The van der Waals surface area contributed by atoms with E-state index in [9.17, 15) is 23.5 Å². The first-order chi connectivity index (χ1) is 15.6. The number of alkyl halides is 3. The molecule has 1 heterocycles. The quantitative estimate of drug-likeness (QED) is 0.427. The van der Waals surface area contributed by atoms with Crippen LogP contribution in [-0.2, 0) is 17.3 Å². The molecule has 3 rings (SSSR count). The number of hydrogen-bond acceptors (Lipinski definition) is 3. The number of aromatic nitrogens is 1. The van der Waals surface area contributed by atoms with Gasteiger partial charge in [0.15, 0.2) is 5.60 Å². The Bertz CT molecular complexity index is 1230. The monoisotopic (exact) mass is 472 g/mol. The van der Waals surface area contributed by atoms with Crippen LogP contribution in [0.1, 0.15) is 63.4 Å². The number of fused-ring (bicyclic) bond motifs is 1. The molecule has 4 nitrogen and oxygen atoms in total. The number of nitrogens with one attached hydrogen (secondary N) is 1. The number of H-pyrrole nitrogens is 1. The van der Waals surface area contributed by atoms with Crippen LogP contribution in [0.5, 0.6) is 5.75 Å². The smallest absolute Gasteiger partial charge is 0.417 e. The van der Waals surface area contributed by atoms with Gasteiger partial charge in [-0.25, -0.2) is 0 Å². The average Bonchev–Trinajstić information content (AvgIpc) is 3.07. The molecule has 0 bridgehead atoms.